The second-order valence-corrected chi connectivity index (χ2v) is 6.69. The van der Waals surface area contributed by atoms with Gasteiger partial charge >= 0.3 is 0 Å². The lowest BCUT2D eigenvalue weighted by atomic mass is 10.2. The summed E-state index contributed by atoms with van der Waals surface area (Å²) in [4.78, 5) is 23.6. The number of rotatable bonds is 6. The summed E-state index contributed by atoms with van der Waals surface area (Å²) in [7, 11) is 3.63. The van der Waals surface area contributed by atoms with E-state index in [1.54, 1.807) is 35.4 Å². The minimum atomic E-state index is -0.833. The van der Waals surface area contributed by atoms with E-state index in [1.165, 1.54) is 12.1 Å². The summed E-state index contributed by atoms with van der Waals surface area (Å²) >= 11 is 5.86. The summed E-state index contributed by atoms with van der Waals surface area (Å²) in [6, 6.07) is 13.1. The molecule has 0 aliphatic carbocycles. The highest BCUT2D eigenvalue weighted by atomic mass is 35.5. The Morgan fingerprint density at radius 2 is 1.65 bits per heavy atom. The van der Waals surface area contributed by atoms with Crippen LogP contribution < -0.4 is 15.6 Å². The van der Waals surface area contributed by atoms with Gasteiger partial charge in [0.15, 0.2) is 0 Å². The van der Waals surface area contributed by atoms with Gasteiger partial charge in [-0.2, -0.15) is 20.1 Å². The molecule has 0 radical (unpaired) electrons. The van der Waals surface area contributed by atoms with E-state index in [1.807, 2.05) is 26.2 Å². The zero-order valence-electron chi connectivity index (χ0n) is 17.0. The molecule has 2 aromatic carbocycles. The van der Waals surface area contributed by atoms with Crippen molar-refractivity contribution in [1.29, 1.82) is 0 Å². The fraction of sp³-hybridized carbons (Fsp3) is 0.150. The van der Waals surface area contributed by atoms with Crippen molar-refractivity contribution in [2.45, 2.75) is 6.92 Å². The second kappa shape index (κ2) is 11.4. The maximum atomic E-state index is 13.1. The standard InChI is InChI=1S/C18H17ClFN7.C2H4O2/c1-27(2)18-24-16(22-15-9-7-14(20)8-10-15)23-17(25-18)26-21-11-12-3-5-13(19)6-4-12;1-2(3)4/h3-11H,1-2H3,(H2,22,23,24,25,26);1H3,(H,3,4). The smallest absolute Gasteiger partial charge is 0.300 e. The van der Waals surface area contributed by atoms with Gasteiger partial charge < -0.3 is 15.3 Å². The van der Waals surface area contributed by atoms with Crippen molar-refractivity contribution in [1.82, 2.24) is 15.0 Å². The van der Waals surface area contributed by atoms with Crippen LogP contribution in [0.5, 0.6) is 0 Å². The Labute approximate surface area is 183 Å². The fourth-order valence-electron chi connectivity index (χ4n) is 2.05. The van der Waals surface area contributed by atoms with E-state index in [-0.39, 0.29) is 11.8 Å². The number of nitrogens with one attached hydrogen (secondary N) is 2. The van der Waals surface area contributed by atoms with Crippen LogP contribution in [0.1, 0.15) is 12.5 Å². The van der Waals surface area contributed by atoms with Gasteiger partial charge in [-0.15, -0.1) is 0 Å². The summed E-state index contributed by atoms with van der Waals surface area (Å²) in [5, 5.41) is 15.2. The van der Waals surface area contributed by atoms with Gasteiger partial charge in [-0.25, -0.2) is 9.82 Å². The van der Waals surface area contributed by atoms with Crippen LogP contribution in [0.25, 0.3) is 0 Å². The zero-order chi connectivity index (χ0) is 22.8. The van der Waals surface area contributed by atoms with Crippen molar-refractivity contribution >= 4 is 47.3 Å². The van der Waals surface area contributed by atoms with Crippen LogP contribution >= 0.6 is 11.6 Å². The number of halogens is 2. The molecule has 3 rings (SSSR count). The number of hydrogen-bond donors (Lipinski definition) is 3. The average Bonchev–Trinajstić information content (AvgIpc) is 2.71. The lowest BCUT2D eigenvalue weighted by molar-refractivity contribution is -0.134. The third kappa shape index (κ3) is 8.62. The van der Waals surface area contributed by atoms with E-state index in [9.17, 15) is 4.39 Å². The molecule has 0 aliphatic rings. The number of aliphatic carboxylic acids is 1. The normalized spacial score (nSPS) is 10.2. The number of aromatic nitrogens is 3. The number of hydrazone groups is 1. The highest BCUT2D eigenvalue weighted by molar-refractivity contribution is 6.30. The minimum Gasteiger partial charge on any atom is -0.481 e. The zero-order valence-corrected chi connectivity index (χ0v) is 17.8. The molecule has 0 aliphatic heterocycles. The van der Waals surface area contributed by atoms with Gasteiger partial charge in [0.2, 0.25) is 17.8 Å². The minimum absolute atomic E-state index is 0.267. The van der Waals surface area contributed by atoms with Crippen LogP contribution in [0.2, 0.25) is 5.02 Å². The van der Waals surface area contributed by atoms with Crippen molar-refractivity contribution in [3.8, 4) is 0 Å². The molecule has 0 bridgehead atoms. The van der Waals surface area contributed by atoms with Crippen LogP contribution in [-0.4, -0.2) is 46.3 Å². The number of anilines is 4. The molecule has 0 amide bonds. The van der Waals surface area contributed by atoms with Crippen molar-refractivity contribution in [2.75, 3.05) is 29.7 Å². The summed E-state index contributed by atoms with van der Waals surface area (Å²) < 4.78 is 13.1. The van der Waals surface area contributed by atoms with Crippen molar-refractivity contribution in [3.63, 3.8) is 0 Å². The molecule has 31 heavy (non-hydrogen) atoms. The molecule has 0 atom stereocenters. The van der Waals surface area contributed by atoms with E-state index >= 15 is 0 Å². The van der Waals surface area contributed by atoms with Crippen LogP contribution in [0, 0.1) is 5.82 Å². The van der Waals surface area contributed by atoms with Crippen molar-refractivity contribution in [3.05, 3.63) is 64.9 Å². The quantitative estimate of drug-likeness (QED) is 0.385. The third-order valence-corrected chi connectivity index (χ3v) is 3.62. The SMILES string of the molecule is CC(=O)O.CN(C)c1nc(NN=Cc2ccc(Cl)cc2)nc(Nc2ccc(F)cc2)n1. The van der Waals surface area contributed by atoms with E-state index in [0.29, 0.717) is 22.6 Å². The van der Waals surface area contributed by atoms with Crippen LogP contribution in [0.4, 0.5) is 27.9 Å². The molecule has 162 valence electrons. The lowest BCUT2D eigenvalue weighted by Crippen LogP contribution is -2.15. The Morgan fingerprint density at radius 1 is 1.06 bits per heavy atom. The molecule has 1 aromatic heterocycles. The van der Waals surface area contributed by atoms with Gasteiger partial charge in [0, 0.05) is 31.7 Å². The molecule has 3 N–H and O–H groups in total. The first-order valence-corrected chi connectivity index (χ1v) is 9.31. The van der Waals surface area contributed by atoms with Crippen molar-refractivity contribution < 1.29 is 14.3 Å². The first kappa shape index (κ1) is 23.5. The summed E-state index contributed by atoms with van der Waals surface area (Å²) in [5.41, 5.74) is 4.31. The number of carboxylic acids is 1. The highest BCUT2D eigenvalue weighted by Crippen LogP contribution is 2.17. The van der Waals surface area contributed by atoms with Gasteiger partial charge in [-0.05, 0) is 42.0 Å². The molecule has 3 aromatic rings. The van der Waals surface area contributed by atoms with Crippen LogP contribution in [0.15, 0.2) is 53.6 Å². The summed E-state index contributed by atoms with van der Waals surface area (Å²) in [5.74, 6) is -0.129. The van der Waals surface area contributed by atoms with Crippen LogP contribution in [-0.2, 0) is 4.79 Å². The predicted octanol–water partition coefficient (Wildman–Crippen LogP) is 4.01. The molecule has 0 saturated carbocycles. The largest absolute Gasteiger partial charge is 0.481 e. The number of nitrogens with zero attached hydrogens (tertiary/aromatic N) is 5. The maximum Gasteiger partial charge on any atom is 0.300 e. The molecule has 0 spiro atoms. The Balaban J connectivity index is 0.000000785. The molecule has 0 saturated heterocycles. The average molecular weight is 446 g/mol. The van der Waals surface area contributed by atoms with E-state index < -0.39 is 5.97 Å². The number of hydrogen-bond acceptors (Lipinski definition) is 8. The first-order chi connectivity index (χ1) is 14.7. The maximum absolute atomic E-state index is 13.1. The topological polar surface area (TPSA) is 116 Å². The highest BCUT2D eigenvalue weighted by Gasteiger charge is 2.08. The van der Waals surface area contributed by atoms with Gasteiger partial charge in [0.05, 0.1) is 6.21 Å². The Morgan fingerprint density at radius 3 is 2.23 bits per heavy atom. The molecule has 0 fully saturated rings. The van der Waals surface area contributed by atoms with Gasteiger partial charge in [-0.3, -0.25) is 4.79 Å². The lowest BCUT2D eigenvalue weighted by Gasteiger charge is -2.13. The van der Waals surface area contributed by atoms with E-state index in [4.69, 9.17) is 21.5 Å². The number of carboxylic acid groups (broad SMARTS) is 1. The molecule has 1 heterocycles. The fourth-order valence-corrected chi connectivity index (χ4v) is 2.17. The molecule has 0 unspecified atom stereocenters. The molecule has 9 nitrogen and oxygen atoms in total. The van der Waals surface area contributed by atoms with Crippen molar-refractivity contribution in [2.24, 2.45) is 5.10 Å². The first-order valence-electron chi connectivity index (χ1n) is 8.93. The number of benzene rings is 2. The predicted molar refractivity (Wildman–Crippen MR) is 120 cm³/mol. The molecule has 11 heteroatoms. The van der Waals surface area contributed by atoms with Gasteiger partial charge in [-0.1, -0.05) is 23.7 Å². The van der Waals surface area contributed by atoms with Crippen LogP contribution in [0.3, 0.4) is 0 Å². The van der Waals surface area contributed by atoms with E-state index in [0.717, 1.165) is 12.5 Å². The summed E-state index contributed by atoms with van der Waals surface area (Å²) in [6.07, 6.45) is 1.63. The molecular weight excluding hydrogens is 425 g/mol. The Kier molecular flexibility index (Phi) is 8.64. The number of carbonyl (C=O) groups is 1. The van der Waals surface area contributed by atoms with Gasteiger partial charge in [0.25, 0.3) is 5.97 Å². The Hall–Kier alpha value is -3.79. The summed E-state index contributed by atoms with van der Waals surface area (Å²) in [6.45, 7) is 1.08. The molecular formula is C20H21ClFN7O2. The second-order valence-electron chi connectivity index (χ2n) is 6.25. The monoisotopic (exact) mass is 445 g/mol. The Bertz CT molecular complexity index is 1020. The van der Waals surface area contributed by atoms with E-state index in [2.05, 4.69) is 30.8 Å². The van der Waals surface area contributed by atoms with Gasteiger partial charge in [0.1, 0.15) is 5.82 Å². The third-order valence-electron chi connectivity index (χ3n) is 3.37.